The van der Waals surface area contributed by atoms with E-state index in [2.05, 4.69) is 52.8 Å². The molecule has 3 aromatic heterocycles. The Morgan fingerprint density at radius 1 is 1.00 bits per heavy atom. The van der Waals surface area contributed by atoms with Crippen LogP contribution in [0.3, 0.4) is 0 Å². The van der Waals surface area contributed by atoms with Crippen LogP contribution in [0.5, 0.6) is 0 Å². The molecule has 4 aromatic rings. The van der Waals surface area contributed by atoms with Crippen LogP contribution in [-0.4, -0.2) is 97.9 Å². The van der Waals surface area contributed by atoms with Crippen LogP contribution < -0.4 is 20.4 Å². The zero-order chi connectivity index (χ0) is 27.1. The van der Waals surface area contributed by atoms with Crippen LogP contribution >= 0.6 is 0 Å². The maximum atomic E-state index is 10.2. The van der Waals surface area contributed by atoms with Gasteiger partial charge < -0.3 is 30.3 Å². The molecule has 0 radical (unpaired) electrons. The van der Waals surface area contributed by atoms with Crippen LogP contribution in [0.15, 0.2) is 61.4 Å². The summed E-state index contributed by atoms with van der Waals surface area (Å²) in [7, 11) is 0. The van der Waals surface area contributed by atoms with Crippen molar-refractivity contribution in [2.45, 2.75) is 25.1 Å². The molecular formula is C27H33N11O2. The van der Waals surface area contributed by atoms with Crippen molar-refractivity contribution >= 4 is 23.5 Å². The zero-order valence-electron chi connectivity index (χ0n) is 22.2. The molecule has 0 saturated carbocycles. The first-order chi connectivity index (χ1) is 19.7. The fourth-order valence-corrected chi connectivity index (χ4v) is 4.98. The van der Waals surface area contributed by atoms with Crippen molar-refractivity contribution < 1.29 is 9.84 Å². The maximum absolute atomic E-state index is 10.2. The fraction of sp³-hybridized carbons (Fsp3) is 0.407. The topological polar surface area (TPSA) is 142 Å². The van der Waals surface area contributed by atoms with Gasteiger partial charge in [0, 0.05) is 57.7 Å². The molecule has 40 heavy (non-hydrogen) atoms. The molecule has 2 atom stereocenters. The summed E-state index contributed by atoms with van der Waals surface area (Å²) >= 11 is 0. The summed E-state index contributed by atoms with van der Waals surface area (Å²) in [5.41, 5.74) is 3.04. The number of hydrogen-bond donors (Lipinski definition) is 3. The van der Waals surface area contributed by atoms with E-state index in [0.29, 0.717) is 50.6 Å². The number of rotatable bonds is 9. The van der Waals surface area contributed by atoms with Crippen LogP contribution in [0.4, 0.5) is 23.5 Å². The van der Waals surface area contributed by atoms with E-state index in [-0.39, 0.29) is 18.8 Å². The number of aromatic nitrogens is 7. The second-order valence-corrected chi connectivity index (χ2v) is 9.91. The summed E-state index contributed by atoms with van der Waals surface area (Å²) in [6.07, 6.45) is 9.74. The molecular weight excluding hydrogens is 510 g/mol. The molecule has 2 aliphatic rings. The molecule has 13 heteroatoms. The van der Waals surface area contributed by atoms with Crippen molar-refractivity contribution in [1.29, 1.82) is 0 Å². The molecule has 13 nitrogen and oxygen atoms in total. The number of piperazine rings is 1. The van der Waals surface area contributed by atoms with Crippen molar-refractivity contribution in [2.24, 2.45) is 0 Å². The Morgan fingerprint density at radius 3 is 2.67 bits per heavy atom. The van der Waals surface area contributed by atoms with Crippen molar-refractivity contribution in [2.75, 3.05) is 61.1 Å². The number of nitrogens with zero attached hydrogens (tertiary/aromatic N) is 9. The predicted molar refractivity (Wildman–Crippen MR) is 150 cm³/mol. The van der Waals surface area contributed by atoms with Gasteiger partial charge in [0.1, 0.15) is 6.33 Å². The van der Waals surface area contributed by atoms with E-state index < -0.39 is 0 Å². The SMILES string of the molecule is OC[C@H]1CN(c2ncnc(Nc3cnn(CC4CNCCO4)c3)n2)CCN1c1ncc(Cc2ccccc2)cn1. The summed E-state index contributed by atoms with van der Waals surface area (Å²) in [5.74, 6) is 1.59. The Bertz CT molecular complexity index is 1360. The zero-order valence-corrected chi connectivity index (χ0v) is 22.2. The molecule has 2 aliphatic heterocycles. The number of nitrogens with one attached hydrogen (secondary N) is 2. The highest BCUT2D eigenvalue weighted by Gasteiger charge is 2.30. The molecule has 0 bridgehead atoms. The smallest absolute Gasteiger partial charge is 0.232 e. The average molecular weight is 544 g/mol. The van der Waals surface area contributed by atoms with E-state index in [9.17, 15) is 5.11 Å². The highest BCUT2D eigenvalue weighted by Crippen LogP contribution is 2.21. The van der Waals surface area contributed by atoms with Gasteiger partial charge in [-0.3, -0.25) is 4.68 Å². The quantitative estimate of drug-likeness (QED) is 0.276. The molecule has 0 spiro atoms. The predicted octanol–water partition coefficient (Wildman–Crippen LogP) is 0.868. The largest absolute Gasteiger partial charge is 0.394 e. The third-order valence-corrected chi connectivity index (χ3v) is 7.02. The first kappa shape index (κ1) is 26.0. The Labute approximate surface area is 232 Å². The Kier molecular flexibility index (Phi) is 8.02. The minimum atomic E-state index is -0.198. The normalized spacial score (nSPS) is 19.5. The van der Waals surface area contributed by atoms with Gasteiger partial charge in [-0.05, 0) is 11.1 Å². The van der Waals surface area contributed by atoms with E-state index in [4.69, 9.17) is 4.74 Å². The van der Waals surface area contributed by atoms with Gasteiger partial charge in [-0.15, -0.1) is 0 Å². The third-order valence-electron chi connectivity index (χ3n) is 7.02. The van der Waals surface area contributed by atoms with Crippen molar-refractivity contribution in [3.05, 3.63) is 72.6 Å². The molecule has 5 heterocycles. The van der Waals surface area contributed by atoms with Crippen LogP contribution in [0, 0.1) is 0 Å². The average Bonchev–Trinajstić information content (AvgIpc) is 3.44. The standard InChI is InChI=1S/C27H33N11O2/c39-18-23-16-36(7-8-38(23)26-29-11-21(12-30-26)10-20-4-2-1-3-5-20)27-32-19-31-25(35-27)34-22-13-33-37(15-22)17-24-14-28-6-9-40-24/h1-5,11-13,15,19,23-24,28,39H,6-10,14,16-18H2,(H,31,32,34,35)/t23-,24?/m1/s1. The lowest BCUT2D eigenvalue weighted by molar-refractivity contribution is 0.0161. The van der Waals surface area contributed by atoms with Gasteiger partial charge in [-0.25, -0.2) is 19.9 Å². The van der Waals surface area contributed by atoms with Crippen LogP contribution in [0.2, 0.25) is 0 Å². The van der Waals surface area contributed by atoms with Crippen molar-refractivity contribution in [1.82, 2.24) is 40.0 Å². The number of aliphatic hydroxyl groups excluding tert-OH is 1. The summed E-state index contributed by atoms with van der Waals surface area (Å²) in [4.78, 5) is 26.6. The number of aliphatic hydroxyl groups is 1. The molecule has 1 unspecified atom stereocenters. The molecule has 2 fully saturated rings. The van der Waals surface area contributed by atoms with Gasteiger partial charge in [0.15, 0.2) is 0 Å². The second-order valence-electron chi connectivity index (χ2n) is 9.91. The van der Waals surface area contributed by atoms with Gasteiger partial charge in [0.2, 0.25) is 17.8 Å². The van der Waals surface area contributed by atoms with Gasteiger partial charge in [-0.2, -0.15) is 10.1 Å². The van der Waals surface area contributed by atoms with Crippen LogP contribution in [-0.2, 0) is 17.7 Å². The Morgan fingerprint density at radius 2 is 1.88 bits per heavy atom. The lowest BCUT2D eigenvalue weighted by atomic mass is 10.1. The van der Waals surface area contributed by atoms with E-state index in [1.165, 1.54) is 11.9 Å². The number of morpholine rings is 1. The lowest BCUT2D eigenvalue weighted by Crippen LogP contribution is -2.56. The third kappa shape index (κ3) is 6.33. The molecule has 208 valence electrons. The monoisotopic (exact) mass is 543 g/mol. The maximum Gasteiger partial charge on any atom is 0.232 e. The van der Waals surface area contributed by atoms with E-state index in [1.54, 1.807) is 6.20 Å². The Hall–Kier alpha value is -4.20. The first-order valence-corrected chi connectivity index (χ1v) is 13.5. The molecule has 3 N–H and O–H groups in total. The van der Waals surface area contributed by atoms with Crippen LogP contribution in [0.1, 0.15) is 11.1 Å². The summed E-state index contributed by atoms with van der Waals surface area (Å²) in [5, 5.41) is 21.2. The van der Waals surface area contributed by atoms with Gasteiger partial charge >= 0.3 is 0 Å². The minimum Gasteiger partial charge on any atom is -0.394 e. The van der Waals surface area contributed by atoms with Gasteiger partial charge in [-0.1, -0.05) is 30.3 Å². The van der Waals surface area contributed by atoms with E-state index in [0.717, 1.165) is 30.8 Å². The summed E-state index contributed by atoms with van der Waals surface area (Å²) < 4.78 is 7.61. The highest BCUT2D eigenvalue weighted by molar-refractivity contribution is 5.52. The Balaban J connectivity index is 1.07. The minimum absolute atomic E-state index is 0.0404. The number of anilines is 4. The van der Waals surface area contributed by atoms with Gasteiger partial charge in [0.05, 0.1) is 43.8 Å². The van der Waals surface area contributed by atoms with Crippen molar-refractivity contribution in [3.8, 4) is 0 Å². The molecule has 1 aromatic carbocycles. The lowest BCUT2D eigenvalue weighted by Gasteiger charge is -2.40. The first-order valence-electron chi connectivity index (χ1n) is 13.5. The molecule has 0 aliphatic carbocycles. The highest BCUT2D eigenvalue weighted by atomic mass is 16.5. The van der Waals surface area contributed by atoms with Crippen molar-refractivity contribution in [3.63, 3.8) is 0 Å². The van der Waals surface area contributed by atoms with Gasteiger partial charge in [0.25, 0.3) is 0 Å². The van der Waals surface area contributed by atoms with Crippen LogP contribution in [0.25, 0.3) is 0 Å². The summed E-state index contributed by atoms with van der Waals surface area (Å²) in [6, 6.07) is 10.1. The number of benzene rings is 1. The molecule has 2 saturated heterocycles. The second kappa shape index (κ2) is 12.3. The number of hydrogen-bond acceptors (Lipinski definition) is 12. The van der Waals surface area contributed by atoms with E-state index >= 15 is 0 Å². The molecule has 0 amide bonds. The molecule has 6 rings (SSSR count). The number of ether oxygens (including phenoxy) is 1. The summed E-state index contributed by atoms with van der Waals surface area (Å²) in [6.45, 7) is 4.85. The van der Waals surface area contributed by atoms with E-state index in [1.807, 2.05) is 51.3 Å². The fourth-order valence-electron chi connectivity index (χ4n) is 4.98.